The first-order chi connectivity index (χ1) is 11.1. The molecule has 0 aliphatic heterocycles. The Morgan fingerprint density at radius 2 is 2.09 bits per heavy atom. The highest BCUT2D eigenvalue weighted by Gasteiger charge is 2.17. The van der Waals surface area contributed by atoms with E-state index in [-0.39, 0.29) is 5.91 Å². The van der Waals surface area contributed by atoms with Crippen molar-refractivity contribution in [2.45, 2.75) is 30.7 Å². The smallest absolute Gasteiger partial charge is 0.246 e. The summed E-state index contributed by atoms with van der Waals surface area (Å²) in [5.74, 6) is 0.612. The van der Waals surface area contributed by atoms with Crippen LogP contribution in [0.2, 0.25) is 0 Å². The number of hydrogen-bond acceptors (Lipinski definition) is 3. The first-order valence-electron chi connectivity index (χ1n) is 8.01. The Morgan fingerprint density at radius 3 is 2.61 bits per heavy atom. The first-order valence-corrected chi connectivity index (χ1v) is 9.57. The quantitative estimate of drug-likeness (QED) is 0.515. The second-order valence-corrected chi connectivity index (χ2v) is 7.31. The van der Waals surface area contributed by atoms with Crippen LogP contribution in [0.25, 0.3) is 0 Å². The molecule has 0 heterocycles. The summed E-state index contributed by atoms with van der Waals surface area (Å²) in [5.41, 5.74) is 1.01. The summed E-state index contributed by atoms with van der Waals surface area (Å²) in [6.45, 7) is 5.98. The molecule has 1 aromatic rings. The van der Waals surface area contributed by atoms with E-state index in [1.54, 1.807) is 11.2 Å². The van der Waals surface area contributed by atoms with Gasteiger partial charge in [-0.05, 0) is 42.5 Å². The number of carbonyl (C=O) groups is 1. The molecule has 1 unspecified atom stereocenters. The molecular formula is C18H25NO3S. The minimum Gasteiger partial charge on any atom is -0.379 e. The molecule has 0 spiro atoms. The van der Waals surface area contributed by atoms with E-state index in [9.17, 15) is 9.00 Å². The monoisotopic (exact) mass is 335 g/mol. The summed E-state index contributed by atoms with van der Waals surface area (Å²) < 4.78 is 17.1. The molecule has 0 aromatic heterocycles. The molecule has 1 fully saturated rings. The zero-order valence-corrected chi connectivity index (χ0v) is 14.5. The van der Waals surface area contributed by atoms with Crippen LogP contribution < -0.4 is 0 Å². The predicted molar refractivity (Wildman–Crippen MR) is 92.5 cm³/mol. The van der Waals surface area contributed by atoms with Crippen molar-refractivity contribution in [2.24, 2.45) is 5.92 Å². The molecule has 0 radical (unpaired) electrons. The average Bonchev–Trinajstić information content (AvgIpc) is 2.51. The third-order valence-electron chi connectivity index (χ3n) is 4.20. The fourth-order valence-corrected chi connectivity index (χ4v) is 3.01. The summed E-state index contributed by atoms with van der Waals surface area (Å²) in [6.07, 6.45) is 6.83. The highest BCUT2D eigenvalue weighted by molar-refractivity contribution is 7.84. The van der Waals surface area contributed by atoms with E-state index in [1.165, 1.54) is 25.3 Å². The van der Waals surface area contributed by atoms with Gasteiger partial charge in [0.05, 0.1) is 6.61 Å². The summed E-state index contributed by atoms with van der Waals surface area (Å²) in [5, 5.41) is 0. The van der Waals surface area contributed by atoms with Crippen molar-refractivity contribution in [1.82, 2.24) is 4.90 Å². The zero-order valence-electron chi connectivity index (χ0n) is 13.7. The molecule has 0 bridgehead atoms. The summed E-state index contributed by atoms with van der Waals surface area (Å²) >= 11 is 0. The maximum Gasteiger partial charge on any atom is 0.246 e. The Labute approximate surface area is 141 Å². The van der Waals surface area contributed by atoms with Crippen LogP contribution in [0, 0.1) is 5.92 Å². The number of ether oxygens (including phenoxy) is 1. The van der Waals surface area contributed by atoms with E-state index >= 15 is 0 Å². The van der Waals surface area contributed by atoms with Gasteiger partial charge in [-0.1, -0.05) is 25.1 Å². The summed E-state index contributed by atoms with van der Waals surface area (Å²) in [7, 11) is -0.983. The molecule has 126 valence electrons. The molecule has 1 aliphatic rings. The Balaban J connectivity index is 1.85. The number of carbonyl (C=O) groups excluding carboxylic acids is 1. The molecule has 1 atom stereocenters. The Morgan fingerprint density at radius 1 is 1.39 bits per heavy atom. The number of hydrogen-bond donors (Lipinski definition) is 0. The van der Waals surface area contributed by atoms with Gasteiger partial charge in [0.1, 0.15) is 0 Å². The van der Waals surface area contributed by atoms with Crippen LogP contribution in [-0.2, 0) is 26.9 Å². The van der Waals surface area contributed by atoms with E-state index in [1.807, 2.05) is 24.3 Å². The molecule has 5 heteroatoms. The highest BCUT2D eigenvalue weighted by atomic mass is 32.2. The minimum absolute atomic E-state index is 0.0969. The van der Waals surface area contributed by atoms with Crippen molar-refractivity contribution in [3.05, 3.63) is 42.5 Å². The number of nitrogens with zero attached hydrogens (tertiary/aromatic N) is 1. The number of benzene rings is 1. The molecule has 2 rings (SSSR count). The van der Waals surface area contributed by atoms with Crippen LogP contribution in [-0.4, -0.2) is 41.0 Å². The van der Waals surface area contributed by atoms with Crippen LogP contribution in [0.3, 0.4) is 0 Å². The normalized spacial score (nSPS) is 15.7. The molecule has 1 aromatic carbocycles. The average molecular weight is 335 g/mol. The van der Waals surface area contributed by atoms with Gasteiger partial charge < -0.3 is 9.64 Å². The molecule has 4 nitrogen and oxygen atoms in total. The lowest BCUT2D eigenvalue weighted by Gasteiger charge is -2.26. The third kappa shape index (κ3) is 5.59. The fourth-order valence-electron chi connectivity index (χ4n) is 2.49. The fraction of sp³-hybridized carbons (Fsp3) is 0.500. The molecule has 23 heavy (non-hydrogen) atoms. The van der Waals surface area contributed by atoms with Gasteiger partial charge >= 0.3 is 0 Å². The third-order valence-corrected chi connectivity index (χ3v) is 5.13. The lowest BCUT2D eigenvalue weighted by molar-refractivity contribution is -0.127. The Kier molecular flexibility index (Phi) is 6.99. The topological polar surface area (TPSA) is 46.6 Å². The van der Waals surface area contributed by atoms with Gasteiger partial charge in [0.25, 0.3) is 0 Å². The lowest BCUT2D eigenvalue weighted by atomic mass is 9.86. The molecule has 1 saturated carbocycles. The summed E-state index contributed by atoms with van der Waals surface area (Å²) in [4.78, 5) is 14.5. The van der Waals surface area contributed by atoms with Gasteiger partial charge in [-0.2, -0.15) is 0 Å². The molecule has 1 amide bonds. The second-order valence-electron chi connectivity index (χ2n) is 5.93. The van der Waals surface area contributed by atoms with Crippen molar-refractivity contribution in [3.8, 4) is 0 Å². The molecule has 0 saturated heterocycles. The van der Waals surface area contributed by atoms with Crippen molar-refractivity contribution >= 4 is 16.7 Å². The SMILES string of the molecule is C=CC(=O)N(CCOCC1CCC1)Cc1ccc(S(C)=O)cc1. The van der Waals surface area contributed by atoms with Crippen LogP contribution >= 0.6 is 0 Å². The molecule has 0 N–H and O–H groups in total. The van der Waals surface area contributed by atoms with E-state index in [2.05, 4.69) is 6.58 Å². The Hall–Kier alpha value is -1.46. The van der Waals surface area contributed by atoms with Gasteiger partial charge in [-0.25, -0.2) is 0 Å². The van der Waals surface area contributed by atoms with Crippen molar-refractivity contribution in [1.29, 1.82) is 0 Å². The predicted octanol–water partition coefficient (Wildman–Crippen LogP) is 2.76. The Bertz CT molecular complexity index is 552. The van der Waals surface area contributed by atoms with Gasteiger partial charge in [0.2, 0.25) is 5.91 Å². The molecular weight excluding hydrogens is 310 g/mol. The van der Waals surface area contributed by atoms with E-state index in [0.717, 1.165) is 17.1 Å². The number of amides is 1. The van der Waals surface area contributed by atoms with Crippen LogP contribution in [0.15, 0.2) is 41.8 Å². The van der Waals surface area contributed by atoms with Gasteiger partial charge in [0.15, 0.2) is 0 Å². The first kappa shape index (κ1) is 17.9. The van der Waals surface area contributed by atoms with Crippen LogP contribution in [0.4, 0.5) is 0 Å². The lowest BCUT2D eigenvalue weighted by Crippen LogP contribution is -2.32. The highest BCUT2D eigenvalue weighted by Crippen LogP contribution is 2.26. The largest absolute Gasteiger partial charge is 0.379 e. The van der Waals surface area contributed by atoms with Crippen molar-refractivity contribution in [2.75, 3.05) is 26.0 Å². The van der Waals surface area contributed by atoms with E-state index in [0.29, 0.717) is 25.6 Å². The maximum absolute atomic E-state index is 12.0. The minimum atomic E-state index is -0.983. The second kappa shape index (κ2) is 8.99. The maximum atomic E-state index is 12.0. The van der Waals surface area contributed by atoms with Crippen molar-refractivity contribution in [3.63, 3.8) is 0 Å². The van der Waals surface area contributed by atoms with Gasteiger partial charge in [-0.15, -0.1) is 0 Å². The van der Waals surface area contributed by atoms with E-state index in [4.69, 9.17) is 4.74 Å². The van der Waals surface area contributed by atoms with E-state index < -0.39 is 10.8 Å². The van der Waals surface area contributed by atoms with Crippen molar-refractivity contribution < 1.29 is 13.7 Å². The number of rotatable bonds is 9. The van der Waals surface area contributed by atoms with Crippen LogP contribution in [0.5, 0.6) is 0 Å². The van der Waals surface area contributed by atoms with Gasteiger partial charge in [-0.3, -0.25) is 9.00 Å². The van der Waals surface area contributed by atoms with Crippen LogP contribution in [0.1, 0.15) is 24.8 Å². The zero-order chi connectivity index (χ0) is 16.7. The summed E-state index contributed by atoms with van der Waals surface area (Å²) in [6, 6.07) is 7.51. The standard InChI is InChI=1S/C18H25NO3S/c1-3-18(20)19(11-12-22-14-16-5-4-6-16)13-15-7-9-17(10-8-15)23(2)21/h3,7-10,16H,1,4-6,11-14H2,2H3. The van der Waals surface area contributed by atoms with Gasteiger partial charge in [0, 0.05) is 41.6 Å². The molecule has 1 aliphatic carbocycles.